The van der Waals surface area contributed by atoms with Gasteiger partial charge in [-0.15, -0.1) is 0 Å². The van der Waals surface area contributed by atoms with Gasteiger partial charge in [-0.2, -0.15) is 0 Å². The van der Waals surface area contributed by atoms with Crippen molar-refractivity contribution in [2.45, 2.75) is 45.6 Å². The molecule has 3 nitrogen and oxygen atoms in total. The average Bonchev–Trinajstić information content (AvgIpc) is 3.02. The monoisotopic (exact) mass is 270 g/mol. The molecule has 0 spiro atoms. The molecule has 0 aliphatic heterocycles. The SMILES string of the molecule is Cc1ccc2[nH]c(C)c(C(=O)CNC3CCCC3)c2c1. The van der Waals surface area contributed by atoms with E-state index in [2.05, 4.69) is 35.4 Å². The van der Waals surface area contributed by atoms with E-state index in [-0.39, 0.29) is 5.78 Å². The van der Waals surface area contributed by atoms with E-state index in [1.807, 2.05) is 6.92 Å². The van der Waals surface area contributed by atoms with Crippen LogP contribution in [-0.4, -0.2) is 23.4 Å². The highest BCUT2D eigenvalue weighted by Gasteiger charge is 2.19. The predicted molar refractivity (Wildman–Crippen MR) is 82.4 cm³/mol. The quantitative estimate of drug-likeness (QED) is 0.835. The van der Waals surface area contributed by atoms with E-state index in [0.29, 0.717) is 12.6 Å². The van der Waals surface area contributed by atoms with E-state index in [0.717, 1.165) is 22.2 Å². The van der Waals surface area contributed by atoms with Crippen molar-refractivity contribution in [3.8, 4) is 0 Å². The fourth-order valence-electron chi connectivity index (χ4n) is 3.26. The molecule has 106 valence electrons. The Morgan fingerprint density at radius 1 is 1.30 bits per heavy atom. The lowest BCUT2D eigenvalue weighted by molar-refractivity contribution is 0.0988. The van der Waals surface area contributed by atoms with E-state index in [1.54, 1.807) is 0 Å². The van der Waals surface area contributed by atoms with Gasteiger partial charge in [0.15, 0.2) is 5.78 Å². The zero-order chi connectivity index (χ0) is 14.1. The lowest BCUT2D eigenvalue weighted by Gasteiger charge is -2.11. The molecule has 3 heteroatoms. The molecule has 1 aromatic carbocycles. The number of hydrogen-bond donors (Lipinski definition) is 2. The summed E-state index contributed by atoms with van der Waals surface area (Å²) in [5, 5.41) is 4.47. The molecule has 0 bridgehead atoms. The summed E-state index contributed by atoms with van der Waals surface area (Å²) >= 11 is 0. The van der Waals surface area contributed by atoms with Gasteiger partial charge >= 0.3 is 0 Å². The van der Waals surface area contributed by atoms with E-state index in [1.165, 1.54) is 31.2 Å². The first-order valence-electron chi connectivity index (χ1n) is 7.50. The fraction of sp³-hybridized carbons (Fsp3) is 0.471. The fourth-order valence-corrected chi connectivity index (χ4v) is 3.26. The van der Waals surface area contributed by atoms with Gasteiger partial charge in [0.25, 0.3) is 0 Å². The second kappa shape index (κ2) is 5.41. The highest BCUT2D eigenvalue weighted by molar-refractivity contribution is 6.10. The van der Waals surface area contributed by atoms with E-state index in [9.17, 15) is 4.79 Å². The number of carbonyl (C=O) groups is 1. The molecule has 0 radical (unpaired) electrons. The van der Waals surface area contributed by atoms with Crippen molar-refractivity contribution in [2.75, 3.05) is 6.54 Å². The van der Waals surface area contributed by atoms with Crippen molar-refractivity contribution in [1.29, 1.82) is 0 Å². The van der Waals surface area contributed by atoms with Crippen molar-refractivity contribution in [3.05, 3.63) is 35.0 Å². The number of Topliss-reactive ketones (excluding diaryl/α,β-unsaturated/α-hetero) is 1. The first kappa shape index (κ1) is 13.4. The molecule has 0 atom stereocenters. The van der Waals surface area contributed by atoms with Crippen LogP contribution in [0.2, 0.25) is 0 Å². The zero-order valence-electron chi connectivity index (χ0n) is 12.3. The number of H-pyrrole nitrogens is 1. The number of ketones is 1. The summed E-state index contributed by atoms with van der Waals surface area (Å²) in [6, 6.07) is 6.76. The largest absolute Gasteiger partial charge is 0.358 e. The molecular formula is C17H22N2O. The molecule has 2 aromatic rings. The molecule has 1 aliphatic rings. The predicted octanol–water partition coefficient (Wildman–Crippen LogP) is 3.50. The molecule has 3 rings (SSSR count). The van der Waals surface area contributed by atoms with Crippen molar-refractivity contribution in [3.63, 3.8) is 0 Å². The summed E-state index contributed by atoms with van der Waals surface area (Å²) in [5.41, 5.74) is 4.07. The minimum absolute atomic E-state index is 0.200. The number of benzene rings is 1. The Morgan fingerprint density at radius 3 is 2.80 bits per heavy atom. The summed E-state index contributed by atoms with van der Waals surface area (Å²) in [5.74, 6) is 0.200. The van der Waals surface area contributed by atoms with Crippen LogP contribution in [0.5, 0.6) is 0 Å². The van der Waals surface area contributed by atoms with Crippen LogP contribution >= 0.6 is 0 Å². The first-order valence-corrected chi connectivity index (χ1v) is 7.50. The number of carbonyl (C=O) groups excluding carboxylic acids is 1. The van der Waals surface area contributed by atoms with Gasteiger partial charge in [-0.25, -0.2) is 0 Å². The minimum atomic E-state index is 0.200. The molecule has 20 heavy (non-hydrogen) atoms. The first-order chi connectivity index (χ1) is 9.65. The molecule has 0 unspecified atom stereocenters. The van der Waals surface area contributed by atoms with Crippen LogP contribution in [0.1, 0.15) is 47.3 Å². The Balaban J connectivity index is 1.82. The highest BCUT2D eigenvalue weighted by Crippen LogP contribution is 2.24. The number of hydrogen-bond acceptors (Lipinski definition) is 2. The topological polar surface area (TPSA) is 44.9 Å². The van der Waals surface area contributed by atoms with Gasteiger partial charge in [0, 0.05) is 28.2 Å². The number of aromatic nitrogens is 1. The lowest BCUT2D eigenvalue weighted by Crippen LogP contribution is -2.31. The third-order valence-corrected chi connectivity index (χ3v) is 4.33. The second-order valence-electron chi connectivity index (χ2n) is 5.96. The Bertz CT molecular complexity index is 636. The Kier molecular flexibility index (Phi) is 3.62. The Labute approximate surface area is 119 Å². The Morgan fingerprint density at radius 2 is 2.05 bits per heavy atom. The van der Waals surface area contributed by atoms with Gasteiger partial charge in [-0.05, 0) is 38.8 Å². The number of fused-ring (bicyclic) bond motifs is 1. The number of rotatable bonds is 4. The summed E-state index contributed by atoms with van der Waals surface area (Å²) in [6.45, 7) is 4.50. The van der Waals surface area contributed by atoms with Crippen LogP contribution in [0.15, 0.2) is 18.2 Å². The normalized spacial score (nSPS) is 16.1. The second-order valence-corrected chi connectivity index (χ2v) is 5.96. The average molecular weight is 270 g/mol. The molecular weight excluding hydrogens is 248 g/mol. The smallest absolute Gasteiger partial charge is 0.179 e. The summed E-state index contributed by atoms with van der Waals surface area (Å²) in [4.78, 5) is 15.8. The summed E-state index contributed by atoms with van der Waals surface area (Å²) < 4.78 is 0. The van der Waals surface area contributed by atoms with Crippen LogP contribution in [0.4, 0.5) is 0 Å². The Hall–Kier alpha value is -1.61. The van der Waals surface area contributed by atoms with Gasteiger partial charge in [0.05, 0.1) is 6.54 Å². The van der Waals surface area contributed by atoms with E-state index in [4.69, 9.17) is 0 Å². The van der Waals surface area contributed by atoms with E-state index < -0.39 is 0 Å². The number of nitrogens with one attached hydrogen (secondary N) is 2. The standard InChI is InChI=1S/C17H22N2O/c1-11-7-8-15-14(9-11)17(12(2)19-15)16(20)10-18-13-5-3-4-6-13/h7-9,13,18-19H,3-6,10H2,1-2H3. The maximum absolute atomic E-state index is 12.5. The minimum Gasteiger partial charge on any atom is -0.358 e. The molecule has 1 aromatic heterocycles. The lowest BCUT2D eigenvalue weighted by atomic mass is 10.0. The van der Waals surface area contributed by atoms with Crippen LogP contribution in [-0.2, 0) is 0 Å². The third-order valence-electron chi connectivity index (χ3n) is 4.33. The van der Waals surface area contributed by atoms with Crippen molar-refractivity contribution < 1.29 is 4.79 Å². The number of aromatic amines is 1. The van der Waals surface area contributed by atoms with Crippen molar-refractivity contribution in [2.24, 2.45) is 0 Å². The molecule has 2 N–H and O–H groups in total. The van der Waals surface area contributed by atoms with Crippen molar-refractivity contribution >= 4 is 16.7 Å². The van der Waals surface area contributed by atoms with Gasteiger partial charge in [-0.3, -0.25) is 4.79 Å². The molecule has 1 fully saturated rings. The number of aryl methyl sites for hydroxylation is 2. The van der Waals surface area contributed by atoms with Gasteiger partial charge in [0.1, 0.15) is 0 Å². The van der Waals surface area contributed by atoms with Gasteiger partial charge in [0.2, 0.25) is 0 Å². The van der Waals surface area contributed by atoms with Gasteiger partial charge in [-0.1, -0.05) is 24.5 Å². The summed E-state index contributed by atoms with van der Waals surface area (Å²) in [6.07, 6.45) is 4.99. The maximum Gasteiger partial charge on any atom is 0.179 e. The van der Waals surface area contributed by atoms with Crippen molar-refractivity contribution in [1.82, 2.24) is 10.3 Å². The molecule has 1 aliphatic carbocycles. The summed E-state index contributed by atoms with van der Waals surface area (Å²) in [7, 11) is 0. The van der Waals surface area contributed by atoms with Crippen LogP contribution < -0.4 is 5.32 Å². The molecule has 0 saturated heterocycles. The van der Waals surface area contributed by atoms with Gasteiger partial charge < -0.3 is 10.3 Å². The highest BCUT2D eigenvalue weighted by atomic mass is 16.1. The molecule has 0 amide bonds. The maximum atomic E-state index is 12.5. The molecule has 1 heterocycles. The van der Waals surface area contributed by atoms with Crippen LogP contribution in [0.3, 0.4) is 0 Å². The van der Waals surface area contributed by atoms with E-state index >= 15 is 0 Å². The molecule has 1 saturated carbocycles. The zero-order valence-corrected chi connectivity index (χ0v) is 12.3. The third kappa shape index (κ3) is 2.50. The van der Waals surface area contributed by atoms with Crippen LogP contribution in [0, 0.1) is 13.8 Å². The van der Waals surface area contributed by atoms with Crippen LogP contribution in [0.25, 0.3) is 10.9 Å².